The number of nitrogens with one attached hydrogen (secondary N) is 1. The van der Waals surface area contributed by atoms with E-state index in [-0.39, 0.29) is 0 Å². The number of rotatable bonds is 3. The van der Waals surface area contributed by atoms with Gasteiger partial charge in [0, 0.05) is 37.3 Å². The highest BCUT2D eigenvalue weighted by molar-refractivity contribution is 5.25. The fourth-order valence-electron chi connectivity index (χ4n) is 1.88. The molecule has 0 atom stereocenters. The lowest BCUT2D eigenvalue weighted by atomic mass is 10.1. The first-order valence-corrected chi connectivity index (χ1v) is 5.64. The molecule has 0 amide bonds. The van der Waals surface area contributed by atoms with E-state index in [0.717, 1.165) is 36.5 Å². The van der Waals surface area contributed by atoms with Gasteiger partial charge in [-0.2, -0.15) is 0 Å². The highest BCUT2D eigenvalue weighted by atomic mass is 16.5. The Balaban J connectivity index is 1.71. The van der Waals surface area contributed by atoms with Crippen LogP contribution in [0.4, 0.5) is 0 Å². The molecule has 0 unspecified atom stereocenters. The van der Waals surface area contributed by atoms with Crippen LogP contribution in [0.1, 0.15) is 17.0 Å². The van der Waals surface area contributed by atoms with Gasteiger partial charge in [-0.3, -0.25) is 0 Å². The Kier molecular flexibility index (Phi) is 2.75. The molecule has 1 N–H and O–H groups in total. The molecule has 0 radical (unpaired) electrons. The van der Waals surface area contributed by atoms with E-state index >= 15 is 0 Å². The molecule has 1 aliphatic heterocycles. The maximum atomic E-state index is 5.56. The Morgan fingerprint density at radius 2 is 2.41 bits per heavy atom. The zero-order valence-corrected chi connectivity index (χ0v) is 9.35. The number of hydrogen-bond acceptors (Lipinski definition) is 5. The van der Waals surface area contributed by atoms with Crippen molar-refractivity contribution in [2.24, 2.45) is 0 Å². The Morgan fingerprint density at radius 1 is 1.41 bits per heavy atom. The van der Waals surface area contributed by atoms with Crippen LogP contribution in [0.15, 0.2) is 28.9 Å². The first-order valence-electron chi connectivity index (χ1n) is 5.64. The smallest absolute Gasteiger partial charge is 0.213 e. The standard InChI is InChI=1S/C12H13N3O2/c1-2-5-14-12(3-1)16-8-10-9-7-13-6-4-11(9)17-15-10/h1-3,5,13H,4,6-8H2. The highest BCUT2D eigenvalue weighted by Gasteiger charge is 2.19. The summed E-state index contributed by atoms with van der Waals surface area (Å²) in [6.45, 7) is 2.15. The van der Waals surface area contributed by atoms with Crippen LogP contribution in [0.3, 0.4) is 0 Å². The zero-order valence-electron chi connectivity index (χ0n) is 9.35. The van der Waals surface area contributed by atoms with E-state index in [1.165, 1.54) is 0 Å². The van der Waals surface area contributed by atoms with Crippen molar-refractivity contribution in [1.29, 1.82) is 0 Å². The molecule has 0 spiro atoms. The third kappa shape index (κ3) is 2.14. The summed E-state index contributed by atoms with van der Waals surface area (Å²) in [6.07, 6.45) is 2.60. The van der Waals surface area contributed by atoms with Crippen molar-refractivity contribution in [2.45, 2.75) is 19.6 Å². The van der Waals surface area contributed by atoms with Crippen LogP contribution in [0.25, 0.3) is 0 Å². The molecule has 0 saturated heterocycles. The van der Waals surface area contributed by atoms with Gasteiger partial charge in [0.05, 0.1) is 0 Å². The molecule has 2 aromatic rings. The van der Waals surface area contributed by atoms with Crippen molar-refractivity contribution in [2.75, 3.05) is 6.54 Å². The molecular weight excluding hydrogens is 218 g/mol. The highest BCUT2D eigenvalue weighted by Crippen LogP contribution is 2.19. The number of fused-ring (bicyclic) bond motifs is 1. The molecule has 0 aromatic carbocycles. The van der Waals surface area contributed by atoms with Crippen LogP contribution < -0.4 is 10.1 Å². The fourth-order valence-corrected chi connectivity index (χ4v) is 1.88. The molecule has 0 aliphatic carbocycles. The molecule has 0 saturated carbocycles. The van der Waals surface area contributed by atoms with Gasteiger partial charge in [0.25, 0.3) is 0 Å². The van der Waals surface area contributed by atoms with E-state index in [9.17, 15) is 0 Å². The second kappa shape index (κ2) is 4.55. The number of pyridine rings is 1. The van der Waals surface area contributed by atoms with Crippen molar-refractivity contribution in [3.8, 4) is 5.88 Å². The third-order valence-corrected chi connectivity index (χ3v) is 2.78. The second-order valence-electron chi connectivity index (χ2n) is 3.91. The van der Waals surface area contributed by atoms with Gasteiger partial charge in [-0.25, -0.2) is 4.98 Å². The molecule has 88 valence electrons. The summed E-state index contributed by atoms with van der Waals surface area (Å²) in [6, 6.07) is 5.57. The molecule has 2 aromatic heterocycles. The second-order valence-corrected chi connectivity index (χ2v) is 3.91. The largest absolute Gasteiger partial charge is 0.471 e. The summed E-state index contributed by atoms with van der Waals surface area (Å²) in [5.74, 6) is 1.58. The van der Waals surface area contributed by atoms with Gasteiger partial charge in [-0.15, -0.1) is 0 Å². The molecule has 5 nitrogen and oxygen atoms in total. The third-order valence-electron chi connectivity index (χ3n) is 2.78. The normalized spacial score (nSPS) is 14.4. The molecule has 1 aliphatic rings. The van der Waals surface area contributed by atoms with Crippen LogP contribution in [-0.2, 0) is 19.6 Å². The predicted molar refractivity (Wildman–Crippen MR) is 60.5 cm³/mol. The van der Waals surface area contributed by atoms with Crippen LogP contribution in [-0.4, -0.2) is 16.7 Å². The van der Waals surface area contributed by atoms with E-state index in [2.05, 4.69) is 15.5 Å². The van der Waals surface area contributed by atoms with Crippen molar-refractivity contribution < 1.29 is 9.26 Å². The van der Waals surface area contributed by atoms with Gasteiger partial charge < -0.3 is 14.6 Å². The molecule has 17 heavy (non-hydrogen) atoms. The van der Waals surface area contributed by atoms with Crippen LogP contribution in [0, 0.1) is 0 Å². The minimum absolute atomic E-state index is 0.400. The molecular formula is C12H13N3O2. The maximum Gasteiger partial charge on any atom is 0.213 e. The van der Waals surface area contributed by atoms with Crippen molar-refractivity contribution in [1.82, 2.24) is 15.5 Å². The first-order chi connectivity index (χ1) is 8.43. The number of aromatic nitrogens is 2. The molecule has 3 heterocycles. The topological polar surface area (TPSA) is 60.2 Å². The van der Waals surface area contributed by atoms with E-state index in [0.29, 0.717) is 12.5 Å². The van der Waals surface area contributed by atoms with Gasteiger partial charge >= 0.3 is 0 Å². The summed E-state index contributed by atoms with van der Waals surface area (Å²) in [4.78, 5) is 4.09. The number of nitrogens with zero attached hydrogens (tertiary/aromatic N) is 2. The summed E-state index contributed by atoms with van der Waals surface area (Å²) >= 11 is 0. The Hall–Kier alpha value is -1.88. The minimum Gasteiger partial charge on any atom is -0.471 e. The maximum absolute atomic E-state index is 5.56. The monoisotopic (exact) mass is 231 g/mol. The molecule has 5 heteroatoms. The number of hydrogen-bond donors (Lipinski definition) is 1. The molecule has 3 rings (SSSR count). The lowest BCUT2D eigenvalue weighted by molar-refractivity contribution is 0.277. The van der Waals surface area contributed by atoms with Crippen LogP contribution in [0.2, 0.25) is 0 Å². The Morgan fingerprint density at radius 3 is 3.29 bits per heavy atom. The van der Waals surface area contributed by atoms with Gasteiger partial charge in [0.2, 0.25) is 5.88 Å². The lowest BCUT2D eigenvalue weighted by Gasteiger charge is -2.11. The average Bonchev–Trinajstić information content (AvgIpc) is 2.81. The van der Waals surface area contributed by atoms with E-state index in [1.54, 1.807) is 6.20 Å². The van der Waals surface area contributed by atoms with E-state index in [4.69, 9.17) is 9.26 Å². The minimum atomic E-state index is 0.400. The van der Waals surface area contributed by atoms with E-state index < -0.39 is 0 Å². The summed E-state index contributed by atoms with van der Waals surface area (Å²) in [5, 5.41) is 7.34. The SMILES string of the molecule is c1ccc(OCc2noc3c2CNCC3)nc1. The van der Waals surface area contributed by atoms with Gasteiger partial charge in [0.1, 0.15) is 18.1 Å². The van der Waals surface area contributed by atoms with Crippen molar-refractivity contribution in [3.05, 3.63) is 41.4 Å². The Bertz CT molecular complexity index is 496. The van der Waals surface area contributed by atoms with Crippen molar-refractivity contribution in [3.63, 3.8) is 0 Å². The number of ether oxygens (including phenoxy) is 1. The quantitative estimate of drug-likeness (QED) is 0.862. The van der Waals surface area contributed by atoms with Gasteiger partial charge in [0.15, 0.2) is 0 Å². The van der Waals surface area contributed by atoms with E-state index in [1.807, 2.05) is 18.2 Å². The lowest BCUT2D eigenvalue weighted by Crippen LogP contribution is -2.23. The first kappa shape index (κ1) is 10.3. The summed E-state index contributed by atoms with van der Waals surface area (Å²) in [7, 11) is 0. The average molecular weight is 231 g/mol. The van der Waals surface area contributed by atoms with Crippen molar-refractivity contribution >= 4 is 0 Å². The van der Waals surface area contributed by atoms with Gasteiger partial charge in [-0.1, -0.05) is 11.2 Å². The summed E-state index contributed by atoms with van der Waals surface area (Å²) < 4.78 is 10.8. The zero-order chi connectivity index (χ0) is 11.5. The predicted octanol–water partition coefficient (Wildman–Crippen LogP) is 1.29. The Labute approximate surface area is 98.8 Å². The molecule has 0 fully saturated rings. The van der Waals surface area contributed by atoms with Crippen LogP contribution >= 0.6 is 0 Å². The van der Waals surface area contributed by atoms with Gasteiger partial charge in [-0.05, 0) is 6.07 Å². The molecule has 0 bridgehead atoms. The fraction of sp³-hybridized carbons (Fsp3) is 0.333. The van der Waals surface area contributed by atoms with Crippen LogP contribution in [0.5, 0.6) is 5.88 Å². The summed E-state index contributed by atoms with van der Waals surface area (Å²) in [5.41, 5.74) is 1.99.